The second kappa shape index (κ2) is 9.17. The number of benzene rings is 2. The fourth-order valence-corrected chi connectivity index (χ4v) is 5.51. The number of nitrogens with two attached hydrogens (primary N) is 2. The number of fused-ring (bicyclic) bond motifs is 1. The molecule has 0 atom stereocenters. The number of nitrogens with zero attached hydrogens (tertiary/aromatic N) is 3. The summed E-state index contributed by atoms with van der Waals surface area (Å²) in [4.78, 5) is 11.9. The summed E-state index contributed by atoms with van der Waals surface area (Å²) < 4.78 is 1.21. The summed E-state index contributed by atoms with van der Waals surface area (Å²) in [6.07, 6.45) is 5.22. The molecule has 1 fully saturated rings. The molecule has 0 amide bonds. The van der Waals surface area contributed by atoms with Crippen LogP contribution in [0.3, 0.4) is 0 Å². The van der Waals surface area contributed by atoms with E-state index in [9.17, 15) is 0 Å². The van der Waals surface area contributed by atoms with Crippen LogP contribution in [0.15, 0.2) is 54.7 Å². The molecule has 8 heteroatoms. The van der Waals surface area contributed by atoms with Gasteiger partial charge in [0.25, 0.3) is 0 Å². The fourth-order valence-electron chi connectivity index (χ4n) is 4.42. The van der Waals surface area contributed by atoms with Crippen molar-refractivity contribution in [2.45, 2.75) is 12.8 Å². The van der Waals surface area contributed by atoms with E-state index in [-0.39, 0.29) is 5.95 Å². The van der Waals surface area contributed by atoms with Gasteiger partial charge in [-0.3, -0.25) is 0 Å². The first-order chi connectivity index (χ1) is 16.1. The van der Waals surface area contributed by atoms with Crippen LogP contribution in [0.5, 0.6) is 0 Å². The number of aromatic nitrogens is 2. The molecule has 0 spiro atoms. The van der Waals surface area contributed by atoms with Gasteiger partial charge in [-0.1, -0.05) is 18.2 Å². The van der Waals surface area contributed by atoms with Gasteiger partial charge >= 0.3 is 0 Å². The lowest BCUT2D eigenvalue weighted by Crippen LogP contribution is -2.34. The topological polar surface area (TPSA) is 117 Å². The van der Waals surface area contributed by atoms with Gasteiger partial charge in [-0.15, -0.1) is 11.3 Å². The largest absolute Gasteiger partial charge is 0.398 e. The zero-order valence-corrected chi connectivity index (χ0v) is 19.1. The SMILES string of the molecule is N=Cc1cc(N(CC2CCNCC2)c2ccnc(N)n2)cc(-c2cc3ccccc3s2)c1N. The number of piperidine rings is 1. The molecule has 1 aliphatic heterocycles. The Hall–Kier alpha value is -3.49. The molecule has 168 valence electrons. The highest BCUT2D eigenvalue weighted by Crippen LogP contribution is 2.41. The molecule has 0 unspecified atom stereocenters. The van der Waals surface area contributed by atoms with Crippen molar-refractivity contribution in [1.82, 2.24) is 15.3 Å². The maximum atomic E-state index is 8.01. The number of nitrogens with one attached hydrogen (secondary N) is 2. The van der Waals surface area contributed by atoms with E-state index in [1.807, 2.05) is 24.3 Å². The highest BCUT2D eigenvalue weighted by Gasteiger charge is 2.22. The van der Waals surface area contributed by atoms with Crippen LogP contribution in [-0.4, -0.2) is 35.8 Å². The Balaban J connectivity index is 1.63. The summed E-state index contributed by atoms with van der Waals surface area (Å²) in [6.45, 7) is 2.85. The van der Waals surface area contributed by atoms with Crippen LogP contribution >= 0.6 is 11.3 Å². The molecule has 7 nitrogen and oxygen atoms in total. The minimum absolute atomic E-state index is 0.246. The lowest BCUT2D eigenvalue weighted by Gasteiger charge is -2.31. The fraction of sp³-hybridized carbons (Fsp3) is 0.240. The molecule has 5 rings (SSSR count). The predicted molar refractivity (Wildman–Crippen MR) is 139 cm³/mol. The number of hydrogen-bond donors (Lipinski definition) is 4. The molecule has 0 bridgehead atoms. The van der Waals surface area contributed by atoms with E-state index >= 15 is 0 Å². The van der Waals surface area contributed by atoms with E-state index in [0.717, 1.165) is 54.4 Å². The van der Waals surface area contributed by atoms with Gasteiger partial charge in [0.05, 0.1) is 0 Å². The second-order valence-corrected chi connectivity index (χ2v) is 9.45. The van der Waals surface area contributed by atoms with Gasteiger partial charge in [-0.25, -0.2) is 4.98 Å². The molecule has 1 aliphatic rings. The normalized spacial score (nSPS) is 14.4. The Labute approximate surface area is 197 Å². The van der Waals surface area contributed by atoms with Crippen LogP contribution in [0, 0.1) is 11.3 Å². The van der Waals surface area contributed by atoms with Gasteiger partial charge in [0, 0.05) is 51.0 Å². The minimum Gasteiger partial charge on any atom is -0.398 e. The van der Waals surface area contributed by atoms with E-state index in [2.05, 4.69) is 44.5 Å². The second-order valence-electron chi connectivity index (χ2n) is 8.37. The van der Waals surface area contributed by atoms with Gasteiger partial charge in [0.1, 0.15) is 5.82 Å². The monoisotopic (exact) mass is 457 g/mol. The maximum Gasteiger partial charge on any atom is 0.221 e. The van der Waals surface area contributed by atoms with E-state index < -0.39 is 0 Å². The summed E-state index contributed by atoms with van der Waals surface area (Å²) in [7, 11) is 0. The van der Waals surface area contributed by atoms with Crippen molar-refractivity contribution in [2.24, 2.45) is 5.92 Å². The molecule has 2 aromatic carbocycles. The van der Waals surface area contributed by atoms with E-state index in [1.165, 1.54) is 16.3 Å². The number of thiophene rings is 1. The van der Waals surface area contributed by atoms with Crippen molar-refractivity contribution < 1.29 is 0 Å². The van der Waals surface area contributed by atoms with Crippen LogP contribution in [0.25, 0.3) is 20.5 Å². The molecule has 1 saturated heterocycles. The molecule has 33 heavy (non-hydrogen) atoms. The molecule has 0 aliphatic carbocycles. The third-order valence-corrected chi connectivity index (χ3v) is 7.34. The first-order valence-electron chi connectivity index (χ1n) is 11.1. The maximum absolute atomic E-state index is 8.01. The van der Waals surface area contributed by atoms with Crippen molar-refractivity contribution in [2.75, 3.05) is 36.0 Å². The highest BCUT2D eigenvalue weighted by molar-refractivity contribution is 7.22. The number of nitrogen functional groups attached to an aromatic ring is 2. The lowest BCUT2D eigenvalue weighted by atomic mass is 9.96. The average molecular weight is 458 g/mol. The van der Waals surface area contributed by atoms with Crippen LogP contribution in [0.2, 0.25) is 0 Å². The van der Waals surface area contributed by atoms with Crippen molar-refractivity contribution in [3.63, 3.8) is 0 Å². The third kappa shape index (κ3) is 4.40. The first kappa shape index (κ1) is 21.4. The van der Waals surface area contributed by atoms with Crippen molar-refractivity contribution in [3.8, 4) is 10.4 Å². The van der Waals surface area contributed by atoms with Crippen LogP contribution in [-0.2, 0) is 0 Å². The van der Waals surface area contributed by atoms with Gasteiger partial charge < -0.3 is 27.1 Å². The van der Waals surface area contributed by atoms with Crippen LogP contribution in [0.1, 0.15) is 18.4 Å². The molecule has 2 aromatic heterocycles. The average Bonchev–Trinajstić information content (AvgIpc) is 3.27. The van der Waals surface area contributed by atoms with Gasteiger partial charge in [-0.2, -0.15) is 4.98 Å². The van der Waals surface area contributed by atoms with Gasteiger partial charge in [0.15, 0.2) is 0 Å². The minimum atomic E-state index is 0.246. The Morgan fingerprint density at radius 1 is 1.12 bits per heavy atom. The molecule has 3 heterocycles. The summed E-state index contributed by atoms with van der Waals surface area (Å²) in [5.74, 6) is 1.52. The summed E-state index contributed by atoms with van der Waals surface area (Å²) >= 11 is 1.71. The number of hydrogen-bond acceptors (Lipinski definition) is 8. The Morgan fingerprint density at radius 3 is 2.70 bits per heavy atom. The van der Waals surface area contributed by atoms with Crippen LogP contribution < -0.4 is 21.7 Å². The van der Waals surface area contributed by atoms with E-state index in [1.54, 1.807) is 17.5 Å². The molecule has 6 N–H and O–H groups in total. The Bertz CT molecular complexity index is 1260. The number of anilines is 4. The van der Waals surface area contributed by atoms with Gasteiger partial charge in [0.2, 0.25) is 5.95 Å². The lowest BCUT2D eigenvalue weighted by molar-refractivity contribution is 0.380. The van der Waals surface area contributed by atoms with Crippen molar-refractivity contribution in [1.29, 1.82) is 5.41 Å². The summed E-state index contributed by atoms with van der Waals surface area (Å²) in [5.41, 5.74) is 15.7. The predicted octanol–water partition coefficient (Wildman–Crippen LogP) is 4.66. The zero-order valence-electron chi connectivity index (χ0n) is 18.3. The van der Waals surface area contributed by atoms with Crippen molar-refractivity contribution >= 4 is 50.8 Å². The summed E-state index contributed by atoms with van der Waals surface area (Å²) in [6, 6.07) is 16.5. The molecule has 0 saturated carbocycles. The molecular weight excluding hydrogens is 430 g/mol. The smallest absolute Gasteiger partial charge is 0.221 e. The van der Waals surface area contributed by atoms with Crippen LogP contribution in [0.4, 0.5) is 23.1 Å². The standard InChI is InChI=1S/C25H27N7S/c26-14-18-11-19(13-20(24(18)27)22-12-17-3-1-2-4-21(17)33-22)32(15-16-5-8-29-9-6-16)23-7-10-30-25(28)31-23/h1-4,7,10-14,16,26,29H,5-6,8-9,15,27H2,(H2,28,30,31). The first-order valence-corrected chi connectivity index (χ1v) is 11.9. The Kier molecular flexibility index (Phi) is 5.93. The van der Waals surface area contributed by atoms with Gasteiger partial charge in [-0.05, 0) is 67.6 Å². The highest BCUT2D eigenvalue weighted by atomic mass is 32.1. The number of rotatable bonds is 6. The quantitative estimate of drug-likeness (QED) is 0.247. The molecule has 4 aromatic rings. The van der Waals surface area contributed by atoms with E-state index in [0.29, 0.717) is 17.2 Å². The third-order valence-electron chi connectivity index (χ3n) is 6.19. The molecule has 0 radical (unpaired) electrons. The Morgan fingerprint density at radius 2 is 1.94 bits per heavy atom. The summed E-state index contributed by atoms with van der Waals surface area (Å²) in [5, 5.41) is 12.6. The zero-order chi connectivity index (χ0) is 22.8. The van der Waals surface area contributed by atoms with E-state index in [4.69, 9.17) is 16.9 Å². The van der Waals surface area contributed by atoms with Crippen molar-refractivity contribution in [3.05, 3.63) is 60.3 Å². The molecular formula is C25H27N7S.